The largest absolute Gasteiger partial charge is 0.294 e. The van der Waals surface area contributed by atoms with Gasteiger partial charge in [0.15, 0.2) is 5.78 Å². The lowest BCUT2D eigenvalue weighted by Crippen LogP contribution is -2.08. The van der Waals surface area contributed by atoms with E-state index in [1.165, 1.54) is 25.1 Å². The number of carbonyl (C=O) groups excluding carboxylic acids is 1. The molecule has 0 unspecified atom stereocenters. The molecule has 104 valence electrons. The van der Waals surface area contributed by atoms with Crippen molar-refractivity contribution in [3.05, 3.63) is 47.8 Å². The van der Waals surface area contributed by atoms with E-state index in [4.69, 9.17) is 0 Å². The molecule has 0 spiro atoms. The second-order valence-corrected chi connectivity index (χ2v) is 5.22. The Hall–Kier alpha value is -2.04. The number of hydrogen-bond acceptors (Lipinski definition) is 3. The van der Waals surface area contributed by atoms with Gasteiger partial charge in [-0.2, -0.15) is 5.10 Å². The smallest absolute Gasteiger partial charge is 0.170 e. The molecule has 0 aliphatic heterocycles. The summed E-state index contributed by atoms with van der Waals surface area (Å²) in [6.07, 6.45) is 9.39. The van der Waals surface area contributed by atoms with Gasteiger partial charge in [-0.3, -0.25) is 14.5 Å². The lowest BCUT2D eigenvalue weighted by atomic mass is 10.1. The monoisotopic (exact) mass is 273 g/mol. The first kappa shape index (κ1) is 13.0. The number of halogens is 1. The number of rotatable bonds is 4. The zero-order chi connectivity index (χ0) is 13.9. The van der Waals surface area contributed by atoms with E-state index >= 15 is 0 Å². The van der Waals surface area contributed by atoms with Crippen LogP contribution in [0.2, 0.25) is 0 Å². The molecule has 2 aromatic heterocycles. The summed E-state index contributed by atoms with van der Waals surface area (Å²) in [4.78, 5) is 15.7. The Morgan fingerprint density at radius 2 is 2.15 bits per heavy atom. The maximum absolute atomic E-state index is 13.0. The summed E-state index contributed by atoms with van der Waals surface area (Å²) in [6.45, 7) is 0. The molecule has 0 bridgehead atoms. The van der Waals surface area contributed by atoms with Crippen LogP contribution in [0.25, 0.3) is 0 Å². The van der Waals surface area contributed by atoms with Gasteiger partial charge in [-0.05, 0) is 25.0 Å². The van der Waals surface area contributed by atoms with Crippen molar-refractivity contribution in [1.82, 2.24) is 14.8 Å². The average molecular weight is 273 g/mol. The Morgan fingerprint density at radius 3 is 2.90 bits per heavy atom. The molecule has 20 heavy (non-hydrogen) atoms. The summed E-state index contributed by atoms with van der Waals surface area (Å²) in [7, 11) is 0. The molecule has 0 atom stereocenters. The van der Waals surface area contributed by atoms with E-state index in [1.807, 2.05) is 16.9 Å². The third kappa shape index (κ3) is 2.76. The summed E-state index contributed by atoms with van der Waals surface area (Å²) in [5, 5.41) is 4.46. The van der Waals surface area contributed by atoms with Gasteiger partial charge in [0, 0.05) is 18.0 Å². The van der Waals surface area contributed by atoms with Crippen molar-refractivity contribution < 1.29 is 9.18 Å². The predicted octanol–water partition coefficient (Wildman–Crippen LogP) is 2.96. The average Bonchev–Trinajstić information content (AvgIpc) is 3.08. The normalized spacial score (nSPS) is 15.7. The number of Topliss-reactive ketones (excluding diaryl/α,β-unsaturated/α-hetero) is 1. The van der Waals surface area contributed by atoms with Crippen molar-refractivity contribution in [2.75, 3.05) is 0 Å². The van der Waals surface area contributed by atoms with Gasteiger partial charge in [0.1, 0.15) is 5.82 Å². The van der Waals surface area contributed by atoms with Crippen LogP contribution in [0.15, 0.2) is 30.7 Å². The van der Waals surface area contributed by atoms with Crippen LogP contribution in [0.3, 0.4) is 0 Å². The van der Waals surface area contributed by atoms with Crippen LogP contribution < -0.4 is 0 Å². The van der Waals surface area contributed by atoms with Gasteiger partial charge in [-0.25, -0.2) is 4.39 Å². The summed E-state index contributed by atoms with van der Waals surface area (Å²) in [6, 6.07) is 3.54. The zero-order valence-corrected chi connectivity index (χ0v) is 11.1. The molecule has 1 aliphatic rings. The summed E-state index contributed by atoms with van der Waals surface area (Å²) < 4.78 is 15.0. The molecule has 2 heterocycles. The Balaban J connectivity index is 1.70. The van der Waals surface area contributed by atoms with E-state index in [0.717, 1.165) is 24.7 Å². The Bertz CT molecular complexity index is 617. The van der Waals surface area contributed by atoms with Crippen molar-refractivity contribution in [1.29, 1.82) is 0 Å². The first-order valence-electron chi connectivity index (χ1n) is 6.90. The summed E-state index contributed by atoms with van der Waals surface area (Å²) in [5.74, 6) is -0.652. The molecule has 1 aliphatic carbocycles. The third-order valence-electron chi connectivity index (χ3n) is 3.73. The van der Waals surface area contributed by atoms with Crippen LogP contribution in [0.5, 0.6) is 0 Å². The van der Waals surface area contributed by atoms with Crippen molar-refractivity contribution in [3.8, 4) is 0 Å². The van der Waals surface area contributed by atoms with Gasteiger partial charge in [0.2, 0.25) is 0 Å². The lowest BCUT2D eigenvalue weighted by Gasteiger charge is -2.08. The molecule has 0 amide bonds. The minimum atomic E-state index is -0.493. The number of nitrogens with zero attached hydrogens (tertiary/aromatic N) is 3. The SMILES string of the molecule is O=C(Cc1ccn(C2CCCC2)n1)c1cncc(F)c1. The second-order valence-electron chi connectivity index (χ2n) is 5.22. The van der Waals surface area contributed by atoms with Crippen LogP contribution in [0, 0.1) is 5.82 Å². The van der Waals surface area contributed by atoms with E-state index in [9.17, 15) is 9.18 Å². The van der Waals surface area contributed by atoms with Gasteiger partial charge < -0.3 is 0 Å². The standard InChI is InChI=1S/C15H16FN3O/c16-12-7-11(9-17-10-12)15(20)8-13-5-6-19(18-13)14-3-1-2-4-14/h5-7,9-10,14H,1-4,8H2. The highest BCUT2D eigenvalue weighted by Gasteiger charge is 2.18. The van der Waals surface area contributed by atoms with Crippen LogP contribution in [0.1, 0.15) is 47.8 Å². The van der Waals surface area contributed by atoms with Crippen molar-refractivity contribution >= 4 is 5.78 Å². The molecule has 0 aromatic carbocycles. The fourth-order valence-electron chi connectivity index (χ4n) is 2.67. The molecular formula is C15H16FN3O. The molecule has 3 rings (SSSR count). The Labute approximate surface area is 116 Å². The van der Waals surface area contributed by atoms with Crippen LogP contribution >= 0.6 is 0 Å². The van der Waals surface area contributed by atoms with Gasteiger partial charge in [0.25, 0.3) is 0 Å². The van der Waals surface area contributed by atoms with Crippen molar-refractivity contribution in [2.45, 2.75) is 38.1 Å². The van der Waals surface area contributed by atoms with E-state index in [-0.39, 0.29) is 12.2 Å². The zero-order valence-electron chi connectivity index (χ0n) is 11.1. The number of carbonyl (C=O) groups is 1. The molecular weight excluding hydrogens is 257 g/mol. The first-order chi connectivity index (χ1) is 9.72. The Morgan fingerprint density at radius 1 is 1.35 bits per heavy atom. The van der Waals surface area contributed by atoms with Crippen molar-refractivity contribution in [2.24, 2.45) is 0 Å². The second kappa shape index (κ2) is 5.53. The highest BCUT2D eigenvalue weighted by atomic mass is 19.1. The molecule has 0 N–H and O–H groups in total. The fourth-order valence-corrected chi connectivity index (χ4v) is 2.67. The van der Waals surface area contributed by atoms with Crippen LogP contribution in [0.4, 0.5) is 4.39 Å². The molecule has 5 heteroatoms. The van der Waals surface area contributed by atoms with E-state index in [1.54, 1.807) is 0 Å². The molecule has 4 nitrogen and oxygen atoms in total. The number of aromatic nitrogens is 3. The maximum Gasteiger partial charge on any atom is 0.170 e. The fraction of sp³-hybridized carbons (Fsp3) is 0.400. The minimum absolute atomic E-state index is 0.159. The molecule has 0 radical (unpaired) electrons. The lowest BCUT2D eigenvalue weighted by molar-refractivity contribution is 0.0991. The quantitative estimate of drug-likeness (QED) is 0.805. The highest BCUT2D eigenvalue weighted by molar-refractivity contribution is 5.96. The molecule has 1 fully saturated rings. The van der Waals surface area contributed by atoms with Crippen molar-refractivity contribution in [3.63, 3.8) is 0 Å². The topological polar surface area (TPSA) is 47.8 Å². The predicted molar refractivity (Wildman–Crippen MR) is 72.0 cm³/mol. The van der Waals surface area contributed by atoms with Gasteiger partial charge in [-0.1, -0.05) is 12.8 Å². The number of pyridine rings is 1. The van der Waals surface area contributed by atoms with Gasteiger partial charge in [0.05, 0.1) is 24.4 Å². The first-order valence-corrected chi connectivity index (χ1v) is 6.90. The van der Waals surface area contributed by atoms with E-state index in [2.05, 4.69) is 10.1 Å². The van der Waals surface area contributed by atoms with Gasteiger partial charge in [-0.15, -0.1) is 0 Å². The van der Waals surface area contributed by atoms with E-state index in [0.29, 0.717) is 11.6 Å². The number of hydrogen-bond donors (Lipinski definition) is 0. The van der Waals surface area contributed by atoms with Crippen LogP contribution in [-0.2, 0) is 6.42 Å². The third-order valence-corrected chi connectivity index (χ3v) is 3.73. The number of ketones is 1. The molecule has 2 aromatic rings. The minimum Gasteiger partial charge on any atom is -0.294 e. The highest BCUT2D eigenvalue weighted by Crippen LogP contribution is 2.28. The molecule has 1 saturated carbocycles. The molecule has 0 saturated heterocycles. The maximum atomic E-state index is 13.0. The summed E-state index contributed by atoms with van der Waals surface area (Å²) in [5.41, 5.74) is 1.02. The summed E-state index contributed by atoms with van der Waals surface area (Å²) >= 11 is 0. The Kier molecular flexibility index (Phi) is 3.58. The van der Waals surface area contributed by atoms with E-state index < -0.39 is 5.82 Å². The van der Waals surface area contributed by atoms with Crippen LogP contribution in [-0.4, -0.2) is 20.5 Å². The van der Waals surface area contributed by atoms with Gasteiger partial charge >= 0.3 is 0 Å².